The molecule has 94 valence electrons. The van der Waals surface area contributed by atoms with Gasteiger partial charge in [-0.15, -0.1) is 0 Å². The largest absolute Gasteiger partial charge is 0.456 e. The van der Waals surface area contributed by atoms with E-state index in [4.69, 9.17) is 19.7 Å². The maximum atomic E-state index is 10.9. The van der Waals surface area contributed by atoms with E-state index in [1.165, 1.54) is 13.8 Å². The van der Waals surface area contributed by atoms with Gasteiger partial charge in [-0.3, -0.25) is 9.59 Å². The Kier molecular flexibility index (Phi) is 4.74. The van der Waals surface area contributed by atoms with E-state index in [0.717, 1.165) is 0 Å². The van der Waals surface area contributed by atoms with Gasteiger partial charge in [-0.2, -0.15) is 0 Å². The third kappa shape index (κ3) is 4.29. The molecule has 1 saturated heterocycles. The van der Waals surface area contributed by atoms with Crippen molar-refractivity contribution >= 4 is 11.9 Å². The minimum Gasteiger partial charge on any atom is -0.456 e. The third-order valence-electron chi connectivity index (χ3n) is 2.07. The number of hydrogen-bond donors (Lipinski definition) is 0. The van der Waals surface area contributed by atoms with Crippen LogP contribution in [0.3, 0.4) is 0 Å². The molecule has 0 aromatic rings. The number of rotatable bonds is 4. The van der Waals surface area contributed by atoms with Gasteiger partial charge in [-0.05, 0) is 5.53 Å². The summed E-state index contributed by atoms with van der Waals surface area (Å²) in [5.74, 6) is -1.02. The highest BCUT2D eigenvalue weighted by molar-refractivity contribution is 5.67. The number of hydrogen-bond acceptors (Lipinski definition) is 6. The Morgan fingerprint density at radius 3 is 2.59 bits per heavy atom. The van der Waals surface area contributed by atoms with Crippen molar-refractivity contribution in [3.8, 4) is 0 Å². The van der Waals surface area contributed by atoms with E-state index in [1.54, 1.807) is 0 Å². The van der Waals surface area contributed by atoms with E-state index in [0.29, 0.717) is 6.42 Å². The summed E-state index contributed by atoms with van der Waals surface area (Å²) in [6.07, 6.45) is -1.68. The molecule has 0 spiro atoms. The minimum absolute atomic E-state index is 0.103. The first kappa shape index (κ1) is 13.3. The summed E-state index contributed by atoms with van der Waals surface area (Å²) in [7, 11) is 0. The first-order valence-electron chi connectivity index (χ1n) is 5.03. The van der Waals surface area contributed by atoms with Crippen LogP contribution < -0.4 is 0 Å². The molecule has 1 aliphatic heterocycles. The van der Waals surface area contributed by atoms with E-state index in [2.05, 4.69) is 10.0 Å². The Morgan fingerprint density at radius 2 is 2.06 bits per heavy atom. The van der Waals surface area contributed by atoms with Crippen molar-refractivity contribution in [3.63, 3.8) is 0 Å². The van der Waals surface area contributed by atoms with Gasteiger partial charge in [0.15, 0.2) is 6.10 Å². The molecule has 1 unspecified atom stereocenters. The molecule has 3 atom stereocenters. The normalized spacial score (nSPS) is 27.1. The predicted octanol–water partition coefficient (Wildman–Crippen LogP) is 0.906. The van der Waals surface area contributed by atoms with Gasteiger partial charge < -0.3 is 14.2 Å². The fourth-order valence-corrected chi connectivity index (χ4v) is 1.53. The Hall–Kier alpha value is -1.79. The van der Waals surface area contributed by atoms with Gasteiger partial charge in [0.25, 0.3) is 0 Å². The van der Waals surface area contributed by atoms with Gasteiger partial charge in [-0.25, -0.2) is 0 Å². The van der Waals surface area contributed by atoms with E-state index in [1.807, 2.05) is 0 Å². The zero-order valence-electron chi connectivity index (χ0n) is 9.53. The molecule has 0 aromatic heterocycles. The summed E-state index contributed by atoms with van der Waals surface area (Å²) in [5, 5.41) is 3.36. The van der Waals surface area contributed by atoms with Gasteiger partial charge >= 0.3 is 11.9 Å². The zero-order chi connectivity index (χ0) is 12.8. The lowest BCUT2D eigenvalue weighted by atomic mass is 10.2. The highest BCUT2D eigenvalue weighted by Crippen LogP contribution is 2.24. The Morgan fingerprint density at radius 1 is 1.41 bits per heavy atom. The van der Waals surface area contributed by atoms with Crippen molar-refractivity contribution in [1.29, 1.82) is 0 Å². The van der Waals surface area contributed by atoms with E-state index < -0.39 is 30.4 Å². The molecular formula is C9H13N3O5. The summed E-state index contributed by atoms with van der Waals surface area (Å²) in [6.45, 7) is 2.59. The fraction of sp³-hybridized carbons (Fsp3) is 0.778. The molecule has 0 aliphatic carbocycles. The van der Waals surface area contributed by atoms with Crippen molar-refractivity contribution in [2.45, 2.75) is 38.8 Å². The molecule has 17 heavy (non-hydrogen) atoms. The van der Waals surface area contributed by atoms with E-state index >= 15 is 0 Å². The van der Waals surface area contributed by atoms with Crippen molar-refractivity contribution in [1.82, 2.24) is 0 Å². The van der Waals surface area contributed by atoms with Crippen molar-refractivity contribution < 1.29 is 23.8 Å². The van der Waals surface area contributed by atoms with Crippen LogP contribution in [0.15, 0.2) is 5.11 Å². The van der Waals surface area contributed by atoms with Crippen LogP contribution in [0.5, 0.6) is 0 Å². The molecule has 1 heterocycles. The number of ether oxygens (including phenoxy) is 3. The lowest BCUT2D eigenvalue weighted by Crippen LogP contribution is -2.30. The molecule has 0 bridgehead atoms. The van der Waals surface area contributed by atoms with Crippen LogP contribution in [-0.2, 0) is 23.8 Å². The van der Waals surface area contributed by atoms with Gasteiger partial charge in [0.2, 0.25) is 6.29 Å². The highest BCUT2D eigenvalue weighted by Gasteiger charge is 2.39. The van der Waals surface area contributed by atoms with Gasteiger partial charge in [-0.1, -0.05) is 5.11 Å². The number of esters is 2. The van der Waals surface area contributed by atoms with Gasteiger partial charge in [0.05, 0.1) is 12.6 Å². The quantitative estimate of drug-likeness (QED) is 0.315. The molecule has 1 fully saturated rings. The average Bonchev–Trinajstić information content (AvgIpc) is 2.56. The van der Waals surface area contributed by atoms with Gasteiger partial charge in [0, 0.05) is 25.2 Å². The maximum absolute atomic E-state index is 10.9. The highest BCUT2D eigenvalue weighted by atomic mass is 16.7. The molecule has 0 amide bonds. The smallest absolute Gasteiger partial charge is 0.305 e. The molecule has 0 saturated carbocycles. The first-order valence-corrected chi connectivity index (χ1v) is 5.03. The molecule has 1 rings (SSSR count). The molecule has 0 aromatic carbocycles. The zero-order valence-corrected chi connectivity index (χ0v) is 9.53. The Bertz CT molecular complexity index is 329. The van der Waals surface area contributed by atoms with Crippen molar-refractivity contribution in [3.05, 3.63) is 10.4 Å². The van der Waals surface area contributed by atoms with Crippen molar-refractivity contribution in [2.24, 2.45) is 5.11 Å². The molecular weight excluding hydrogens is 230 g/mol. The second kappa shape index (κ2) is 6.07. The van der Waals surface area contributed by atoms with Crippen molar-refractivity contribution in [2.75, 3.05) is 6.54 Å². The molecule has 1 aliphatic rings. The third-order valence-corrected chi connectivity index (χ3v) is 2.07. The Labute approximate surface area is 97.5 Å². The number of carbonyl (C=O) groups excluding carboxylic acids is 2. The molecule has 8 heteroatoms. The van der Waals surface area contributed by atoms with Crippen LogP contribution in [0.1, 0.15) is 20.3 Å². The minimum atomic E-state index is -0.935. The molecule has 0 radical (unpaired) electrons. The SMILES string of the molecule is CC(=O)OC1O[C@H](CN=[N+]=[N-])C[C@H]1OC(C)=O. The lowest BCUT2D eigenvalue weighted by molar-refractivity contribution is -0.193. The van der Waals surface area contributed by atoms with E-state index in [-0.39, 0.29) is 6.54 Å². The number of carbonyl (C=O) groups is 2. The summed E-state index contributed by atoms with van der Waals surface area (Å²) >= 11 is 0. The van der Waals surface area contributed by atoms with Crippen LogP contribution in [0.2, 0.25) is 0 Å². The second-order valence-corrected chi connectivity index (χ2v) is 3.53. The summed E-state index contributed by atoms with van der Waals surface area (Å²) in [4.78, 5) is 24.3. The van der Waals surface area contributed by atoms with E-state index in [9.17, 15) is 9.59 Å². The van der Waals surface area contributed by atoms with Gasteiger partial charge in [0.1, 0.15) is 0 Å². The number of nitrogens with zero attached hydrogens (tertiary/aromatic N) is 3. The van der Waals surface area contributed by atoms with Crippen LogP contribution in [0.25, 0.3) is 10.4 Å². The first-order chi connectivity index (χ1) is 8.02. The topological polar surface area (TPSA) is 111 Å². The molecule has 8 nitrogen and oxygen atoms in total. The van der Waals surface area contributed by atoms with Crippen LogP contribution >= 0.6 is 0 Å². The van der Waals surface area contributed by atoms with Crippen LogP contribution in [0, 0.1) is 0 Å². The summed E-state index contributed by atoms with van der Waals surface area (Å²) in [6, 6.07) is 0. The fourth-order valence-electron chi connectivity index (χ4n) is 1.53. The summed E-state index contributed by atoms with van der Waals surface area (Å²) < 4.78 is 15.1. The standard InChI is InChI=1S/C9H13N3O5/c1-5(13)15-8-3-7(4-11-12-10)17-9(8)16-6(2)14/h7-9H,3-4H2,1-2H3/t7-,8+,9?/m0/s1. The van der Waals surface area contributed by atoms with Crippen LogP contribution in [0.4, 0.5) is 0 Å². The summed E-state index contributed by atoms with van der Waals surface area (Å²) in [5.41, 5.74) is 8.18. The monoisotopic (exact) mass is 243 g/mol. The predicted molar refractivity (Wildman–Crippen MR) is 54.6 cm³/mol. The number of azide groups is 1. The second-order valence-electron chi connectivity index (χ2n) is 3.53. The Balaban J connectivity index is 2.60. The van der Waals surface area contributed by atoms with Crippen LogP contribution in [-0.4, -0.2) is 37.0 Å². The molecule has 0 N–H and O–H groups in total. The lowest BCUT2D eigenvalue weighted by Gasteiger charge is -2.17. The average molecular weight is 243 g/mol. The maximum Gasteiger partial charge on any atom is 0.305 e.